The van der Waals surface area contributed by atoms with Crippen LogP contribution in [0.3, 0.4) is 0 Å². The van der Waals surface area contributed by atoms with Gasteiger partial charge in [0.05, 0.1) is 36.3 Å². The molecule has 1 N–H and O–H groups in total. The van der Waals surface area contributed by atoms with Crippen LogP contribution in [0, 0.1) is 0 Å². The SMILES string of the molecule is CCN(CC)CCn1cc(-c2ccc3[nH]c4cnc(-c5cnn(C)c5)cc4c3c2)cn1. The first-order valence-electron chi connectivity index (χ1n) is 10.8. The second-order valence-electron chi connectivity index (χ2n) is 7.92. The number of nitrogens with zero attached hydrogens (tertiary/aromatic N) is 6. The molecule has 4 aromatic heterocycles. The van der Waals surface area contributed by atoms with E-state index < -0.39 is 0 Å². The number of benzene rings is 1. The number of pyridine rings is 1. The molecule has 158 valence electrons. The molecule has 0 unspecified atom stereocenters. The molecule has 0 aliphatic rings. The lowest BCUT2D eigenvalue weighted by atomic mass is 10.1. The van der Waals surface area contributed by atoms with E-state index in [0.717, 1.165) is 54.0 Å². The Morgan fingerprint density at radius 1 is 0.871 bits per heavy atom. The van der Waals surface area contributed by atoms with Crippen LogP contribution in [-0.2, 0) is 13.6 Å². The van der Waals surface area contributed by atoms with Crippen LogP contribution in [0.4, 0.5) is 0 Å². The van der Waals surface area contributed by atoms with Crippen LogP contribution in [-0.4, -0.2) is 54.1 Å². The van der Waals surface area contributed by atoms with Crippen LogP contribution in [0.5, 0.6) is 0 Å². The summed E-state index contributed by atoms with van der Waals surface area (Å²) in [5.41, 5.74) is 6.40. The fraction of sp³-hybridized carbons (Fsp3) is 0.292. The maximum Gasteiger partial charge on any atom is 0.0741 e. The highest BCUT2D eigenvalue weighted by Gasteiger charge is 2.11. The third kappa shape index (κ3) is 3.72. The zero-order valence-corrected chi connectivity index (χ0v) is 18.2. The van der Waals surface area contributed by atoms with E-state index in [4.69, 9.17) is 0 Å². The summed E-state index contributed by atoms with van der Waals surface area (Å²) in [7, 11) is 1.92. The van der Waals surface area contributed by atoms with Gasteiger partial charge in [-0.25, -0.2) is 0 Å². The van der Waals surface area contributed by atoms with Crippen molar-refractivity contribution in [2.45, 2.75) is 20.4 Å². The van der Waals surface area contributed by atoms with Gasteiger partial charge in [0, 0.05) is 53.4 Å². The van der Waals surface area contributed by atoms with Gasteiger partial charge in [-0.3, -0.25) is 14.3 Å². The molecule has 0 fully saturated rings. The Hall–Kier alpha value is -3.45. The van der Waals surface area contributed by atoms with Crippen LogP contribution in [0.2, 0.25) is 0 Å². The number of H-pyrrole nitrogens is 1. The Bertz CT molecular complexity index is 1340. The Balaban J connectivity index is 1.48. The average Bonchev–Trinajstić information content (AvgIpc) is 3.52. The minimum Gasteiger partial charge on any atom is -0.353 e. The summed E-state index contributed by atoms with van der Waals surface area (Å²) in [5, 5.41) is 11.2. The molecule has 0 radical (unpaired) electrons. The lowest BCUT2D eigenvalue weighted by molar-refractivity contribution is 0.285. The van der Waals surface area contributed by atoms with Gasteiger partial charge in [0.25, 0.3) is 0 Å². The number of hydrogen-bond acceptors (Lipinski definition) is 4. The monoisotopic (exact) mass is 413 g/mol. The van der Waals surface area contributed by atoms with Crippen molar-refractivity contribution < 1.29 is 0 Å². The summed E-state index contributed by atoms with van der Waals surface area (Å²) in [4.78, 5) is 10.5. The molecule has 0 aliphatic heterocycles. The van der Waals surface area contributed by atoms with E-state index >= 15 is 0 Å². The minimum absolute atomic E-state index is 0.900. The molecule has 5 aromatic rings. The molecule has 0 bridgehead atoms. The largest absolute Gasteiger partial charge is 0.353 e. The summed E-state index contributed by atoms with van der Waals surface area (Å²) in [6, 6.07) is 8.68. The number of aryl methyl sites for hydroxylation is 1. The molecule has 0 aliphatic carbocycles. The van der Waals surface area contributed by atoms with Crippen molar-refractivity contribution in [3.63, 3.8) is 0 Å². The number of rotatable bonds is 7. The summed E-state index contributed by atoms with van der Waals surface area (Å²) >= 11 is 0. The number of hydrogen-bond donors (Lipinski definition) is 1. The third-order valence-corrected chi connectivity index (χ3v) is 5.99. The molecular weight excluding hydrogens is 386 g/mol. The van der Waals surface area contributed by atoms with Crippen molar-refractivity contribution in [1.29, 1.82) is 0 Å². The van der Waals surface area contributed by atoms with Gasteiger partial charge in [0.2, 0.25) is 0 Å². The first-order chi connectivity index (χ1) is 15.1. The summed E-state index contributed by atoms with van der Waals surface area (Å²) in [6.07, 6.45) is 9.84. The second-order valence-corrected chi connectivity index (χ2v) is 7.92. The molecule has 0 spiro atoms. The van der Waals surface area contributed by atoms with E-state index in [1.807, 2.05) is 36.5 Å². The molecule has 5 rings (SSSR count). The lowest BCUT2D eigenvalue weighted by Gasteiger charge is -2.17. The summed E-state index contributed by atoms with van der Waals surface area (Å²) in [6.45, 7) is 8.44. The molecule has 4 heterocycles. The van der Waals surface area contributed by atoms with Gasteiger partial charge in [0.15, 0.2) is 0 Å². The van der Waals surface area contributed by atoms with Crippen LogP contribution in [0.15, 0.2) is 55.2 Å². The van der Waals surface area contributed by atoms with E-state index in [0.29, 0.717) is 0 Å². The highest BCUT2D eigenvalue weighted by atomic mass is 15.3. The average molecular weight is 414 g/mol. The van der Waals surface area contributed by atoms with Gasteiger partial charge in [-0.15, -0.1) is 0 Å². The van der Waals surface area contributed by atoms with Gasteiger partial charge in [-0.2, -0.15) is 10.2 Å². The van der Waals surface area contributed by atoms with Crippen molar-refractivity contribution in [3.05, 3.63) is 55.2 Å². The third-order valence-electron chi connectivity index (χ3n) is 5.99. The molecule has 31 heavy (non-hydrogen) atoms. The Morgan fingerprint density at radius 2 is 1.68 bits per heavy atom. The molecule has 0 saturated carbocycles. The zero-order chi connectivity index (χ0) is 21.4. The van der Waals surface area contributed by atoms with Crippen molar-refractivity contribution in [2.75, 3.05) is 19.6 Å². The van der Waals surface area contributed by atoms with Crippen molar-refractivity contribution >= 4 is 21.8 Å². The van der Waals surface area contributed by atoms with Crippen LogP contribution >= 0.6 is 0 Å². The van der Waals surface area contributed by atoms with E-state index in [1.54, 1.807) is 4.68 Å². The van der Waals surface area contributed by atoms with Gasteiger partial charge in [0.1, 0.15) is 0 Å². The fourth-order valence-corrected chi connectivity index (χ4v) is 4.11. The molecule has 1 aromatic carbocycles. The highest BCUT2D eigenvalue weighted by Crippen LogP contribution is 2.31. The van der Waals surface area contributed by atoms with Gasteiger partial charge in [-0.05, 0) is 36.9 Å². The second kappa shape index (κ2) is 8.00. The van der Waals surface area contributed by atoms with Crippen LogP contribution in [0.1, 0.15) is 13.8 Å². The summed E-state index contributed by atoms with van der Waals surface area (Å²) < 4.78 is 3.84. The maximum absolute atomic E-state index is 4.62. The highest BCUT2D eigenvalue weighted by molar-refractivity contribution is 6.09. The Morgan fingerprint density at radius 3 is 2.45 bits per heavy atom. The van der Waals surface area contributed by atoms with Gasteiger partial charge in [-0.1, -0.05) is 19.9 Å². The predicted octanol–water partition coefficient (Wildman–Crippen LogP) is 4.32. The zero-order valence-electron chi connectivity index (χ0n) is 18.2. The first-order valence-corrected chi connectivity index (χ1v) is 10.8. The van der Waals surface area contributed by atoms with E-state index in [2.05, 4.69) is 69.4 Å². The number of likely N-dealkylation sites (N-methyl/N-ethyl adjacent to an activating group) is 1. The normalized spacial score (nSPS) is 11.9. The smallest absolute Gasteiger partial charge is 0.0741 e. The van der Waals surface area contributed by atoms with Gasteiger partial charge >= 0.3 is 0 Å². The first kappa shape index (κ1) is 19.5. The number of fused-ring (bicyclic) bond motifs is 3. The Kier molecular flexibility index (Phi) is 5.03. The quantitative estimate of drug-likeness (QED) is 0.431. The van der Waals surface area contributed by atoms with Crippen LogP contribution in [0.25, 0.3) is 44.2 Å². The molecule has 0 saturated heterocycles. The molecular formula is C24H27N7. The number of aromatic amines is 1. The number of aromatic nitrogens is 6. The predicted molar refractivity (Wildman–Crippen MR) is 125 cm³/mol. The van der Waals surface area contributed by atoms with Crippen molar-refractivity contribution in [3.8, 4) is 22.4 Å². The van der Waals surface area contributed by atoms with Crippen molar-refractivity contribution in [2.24, 2.45) is 7.05 Å². The topological polar surface area (TPSA) is 67.6 Å². The van der Waals surface area contributed by atoms with E-state index in [1.165, 1.54) is 16.3 Å². The standard InChI is InChI=1S/C24H27N7/c1-4-30(5-2)8-9-31-16-18(12-27-31)17-6-7-22-20(10-17)21-11-23(25-14-24(21)28-22)19-13-26-29(3)15-19/h6-7,10-16,28H,4-5,8-9H2,1-3H3. The van der Waals surface area contributed by atoms with E-state index in [-0.39, 0.29) is 0 Å². The molecule has 0 atom stereocenters. The van der Waals surface area contributed by atoms with Crippen LogP contribution < -0.4 is 0 Å². The van der Waals surface area contributed by atoms with Crippen molar-refractivity contribution in [1.82, 2.24) is 34.4 Å². The number of nitrogens with one attached hydrogen (secondary N) is 1. The molecule has 7 heteroatoms. The Labute approximate surface area is 181 Å². The minimum atomic E-state index is 0.900. The fourth-order valence-electron chi connectivity index (χ4n) is 4.11. The maximum atomic E-state index is 4.62. The molecule has 7 nitrogen and oxygen atoms in total. The van der Waals surface area contributed by atoms with Gasteiger partial charge < -0.3 is 9.88 Å². The lowest BCUT2D eigenvalue weighted by Crippen LogP contribution is -2.27. The van der Waals surface area contributed by atoms with E-state index in [9.17, 15) is 0 Å². The summed E-state index contributed by atoms with van der Waals surface area (Å²) in [5.74, 6) is 0. The molecule has 0 amide bonds.